The van der Waals surface area contributed by atoms with Crippen molar-refractivity contribution < 1.29 is 14.1 Å². The molecule has 1 saturated heterocycles. The predicted octanol–water partition coefficient (Wildman–Crippen LogP) is 2.40. The van der Waals surface area contributed by atoms with Crippen LogP contribution in [-0.2, 0) is 23.3 Å². The monoisotopic (exact) mass is 388 g/mol. The molecule has 1 saturated carbocycles. The Morgan fingerprint density at radius 3 is 2.93 bits per heavy atom. The molecule has 144 valence electrons. The van der Waals surface area contributed by atoms with Crippen LogP contribution in [0.5, 0.6) is 0 Å². The third-order valence-electron chi connectivity index (χ3n) is 5.71. The third-order valence-corrected chi connectivity index (χ3v) is 7.07. The average molecular weight is 388 g/mol. The van der Waals surface area contributed by atoms with Gasteiger partial charge in [0.1, 0.15) is 5.60 Å². The highest BCUT2D eigenvalue weighted by Gasteiger charge is 2.43. The largest absolute Gasteiger partial charge is 0.369 e. The van der Waals surface area contributed by atoms with Crippen molar-refractivity contribution in [1.29, 1.82) is 0 Å². The van der Waals surface area contributed by atoms with E-state index >= 15 is 0 Å². The number of carbonyl (C=O) groups excluding carboxylic acids is 1. The fourth-order valence-corrected chi connectivity index (χ4v) is 5.38. The third kappa shape index (κ3) is 3.41. The van der Waals surface area contributed by atoms with E-state index in [-0.39, 0.29) is 11.5 Å². The van der Waals surface area contributed by atoms with Crippen molar-refractivity contribution in [3.05, 3.63) is 33.1 Å². The first-order valence-electron chi connectivity index (χ1n) is 9.71. The summed E-state index contributed by atoms with van der Waals surface area (Å²) in [5.41, 5.74) is 1.06. The summed E-state index contributed by atoms with van der Waals surface area (Å²) >= 11 is 1.63. The molecule has 1 N–H and O–H groups in total. The molecule has 1 spiro atoms. The molecule has 0 bridgehead atoms. The Kier molecular flexibility index (Phi) is 4.29. The number of rotatable bonds is 4. The molecule has 2 aliphatic heterocycles. The Morgan fingerprint density at radius 1 is 1.41 bits per heavy atom. The van der Waals surface area contributed by atoms with E-state index in [4.69, 9.17) is 9.26 Å². The van der Waals surface area contributed by atoms with Crippen molar-refractivity contribution in [2.75, 3.05) is 19.7 Å². The highest BCUT2D eigenvalue weighted by atomic mass is 32.1. The van der Waals surface area contributed by atoms with Crippen LogP contribution in [0.25, 0.3) is 0 Å². The summed E-state index contributed by atoms with van der Waals surface area (Å²) in [7, 11) is 0. The highest BCUT2D eigenvalue weighted by Crippen LogP contribution is 2.45. The Labute approximate surface area is 162 Å². The first-order valence-corrected chi connectivity index (χ1v) is 10.5. The number of ether oxygens (including phenoxy) is 1. The maximum Gasteiger partial charge on any atom is 0.261 e. The number of likely N-dealkylation sites (tertiary alicyclic amines) is 1. The topological polar surface area (TPSA) is 80.5 Å². The lowest BCUT2D eigenvalue weighted by molar-refractivity contribution is -0.0963. The van der Waals surface area contributed by atoms with Crippen LogP contribution in [0.2, 0.25) is 0 Å². The quantitative estimate of drug-likeness (QED) is 0.866. The van der Waals surface area contributed by atoms with E-state index in [2.05, 4.69) is 26.4 Å². The van der Waals surface area contributed by atoms with Gasteiger partial charge in [-0.1, -0.05) is 5.16 Å². The molecule has 1 amide bonds. The summed E-state index contributed by atoms with van der Waals surface area (Å²) in [6.45, 7) is 5.10. The Hall–Kier alpha value is -1.77. The number of nitrogens with one attached hydrogen (secondary N) is 1. The summed E-state index contributed by atoms with van der Waals surface area (Å²) in [6, 6.07) is 2.48. The lowest BCUT2D eigenvalue weighted by Crippen LogP contribution is -2.45. The van der Waals surface area contributed by atoms with Crippen LogP contribution in [0, 0.1) is 6.92 Å². The van der Waals surface area contributed by atoms with Crippen molar-refractivity contribution in [2.45, 2.75) is 57.2 Å². The Bertz CT molecular complexity index is 849. The minimum atomic E-state index is -0.236. The number of piperidine rings is 1. The maximum atomic E-state index is 12.5. The molecule has 1 aliphatic carbocycles. The van der Waals surface area contributed by atoms with E-state index in [0.29, 0.717) is 18.5 Å². The van der Waals surface area contributed by atoms with Crippen molar-refractivity contribution in [1.82, 2.24) is 20.4 Å². The molecule has 8 heteroatoms. The zero-order valence-electron chi connectivity index (χ0n) is 15.5. The van der Waals surface area contributed by atoms with Crippen molar-refractivity contribution in [3.63, 3.8) is 0 Å². The van der Waals surface area contributed by atoms with Gasteiger partial charge in [-0.05, 0) is 43.7 Å². The summed E-state index contributed by atoms with van der Waals surface area (Å²) < 4.78 is 11.4. The molecule has 0 radical (unpaired) electrons. The average Bonchev–Trinajstić information content (AvgIpc) is 3.20. The van der Waals surface area contributed by atoms with Gasteiger partial charge in [0, 0.05) is 30.9 Å². The number of fused-ring (bicyclic) bond motifs is 2. The van der Waals surface area contributed by atoms with E-state index in [1.807, 2.05) is 6.92 Å². The van der Waals surface area contributed by atoms with Gasteiger partial charge >= 0.3 is 0 Å². The van der Waals surface area contributed by atoms with Crippen LogP contribution < -0.4 is 5.32 Å². The molecule has 2 aromatic heterocycles. The number of aryl methyl sites for hydroxylation is 1. The minimum Gasteiger partial charge on any atom is -0.369 e. The SMILES string of the molecule is Cc1nc(CN2CCC3(CC2)OCCc2cc(C(=O)NC4CC4)sc23)no1. The predicted molar refractivity (Wildman–Crippen MR) is 99.7 cm³/mol. The molecule has 0 unspecified atom stereocenters. The summed E-state index contributed by atoms with van der Waals surface area (Å²) in [5.74, 6) is 1.43. The zero-order valence-corrected chi connectivity index (χ0v) is 16.3. The number of nitrogens with zero attached hydrogens (tertiary/aromatic N) is 3. The second kappa shape index (κ2) is 6.68. The normalized spacial score (nSPS) is 22.0. The zero-order chi connectivity index (χ0) is 18.4. The van der Waals surface area contributed by atoms with Crippen LogP contribution in [0.4, 0.5) is 0 Å². The lowest BCUT2D eigenvalue weighted by Gasteiger charge is -2.43. The molecule has 2 fully saturated rings. The highest BCUT2D eigenvalue weighted by molar-refractivity contribution is 7.14. The smallest absolute Gasteiger partial charge is 0.261 e. The van der Waals surface area contributed by atoms with Crippen LogP contribution in [0.1, 0.15) is 57.5 Å². The van der Waals surface area contributed by atoms with Crippen LogP contribution in [-0.4, -0.2) is 46.7 Å². The van der Waals surface area contributed by atoms with Crippen LogP contribution in [0.15, 0.2) is 10.6 Å². The molecule has 0 aromatic carbocycles. The van der Waals surface area contributed by atoms with Gasteiger partial charge in [0.2, 0.25) is 5.89 Å². The van der Waals surface area contributed by atoms with Gasteiger partial charge in [-0.2, -0.15) is 4.98 Å². The van der Waals surface area contributed by atoms with Crippen molar-refractivity contribution in [2.24, 2.45) is 0 Å². The molecule has 2 aromatic rings. The molecular formula is C19H24N4O3S. The molecule has 4 heterocycles. The fraction of sp³-hybridized carbons (Fsp3) is 0.632. The van der Waals surface area contributed by atoms with E-state index < -0.39 is 0 Å². The number of aromatic nitrogens is 2. The van der Waals surface area contributed by atoms with E-state index in [0.717, 1.165) is 62.5 Å². The summed E-state index contributed by atoms with van der Waals surface area (Å²) in [6.07, 6.45) is 4.98. The molecular weight excluding hydrogens is 364 g/mol. The van der Waals surface area contributed by atoms with Crippen molar-refractivity contribution in [3.8, 4) is 0 Å². The number of carbonyl (C=O) groups is 1. The Balaban J connectivity index is 1.30. The molecule has 0 atom stereocenters. The van der Waals surface area contributed by atoms with E-state index in [9.17, 15) is 4.79 Å². The van der Waals surface area contributed by atoms with Gasteiger partial charge < -0.3 is 14.6 Å². The van der Waals surface area contributed by atoms with Gasteiger partial charge in [0.25, 0.3) is 5.91 Å². The van der Waals surface area contributed by atoms with E-state index in [1.54, 1.807) is 11.3 Å². The fourth-order valence-electron chi connectivity index (χ4n) is 4.07. The second-order valence-corrected chi connectivity index (χ2v) is 8.86. The maximum absolute atomic E-state index is 12.5. The Morgan fingerprint density at radius 2 is 2.22 bits per heavy atom. The number of amides is 1. The number of hydrogen-bond donors (Lipinski definition) is 1. The van der Waals surface area contributed by atoms with Gasteiger partial charge in [0.15, 0.2) is 5.82 Å². The first kappa shape index (κ1) is 17.3. The molecule has 7 nitrogen and oxygen atoms in total. The molecule has 5 rings (SSSR count). The van der Waals surface area contributed by atoms with Crippen molar-refractivity contribution >= 4 is 17.2 Å². The minimum absolute atomic E-state index is 0.0805. The van der Waals surface area contributed by atoms with E-state index in [1.165, 1.54) is 10.4 Å². The van der Waals surface area contributed by atoms with Crippen LogP contribution in [0.3, 0.4) is 0 Å². The molecule has 3 aliphatic rings. The number of thiophene rings is 1. The van der Waals surface area contributed by atoms with Crippen LogP contribution >= 0.6 is 11.3 Å². The van der Waals surface area contributed by atoms with Gasteiger partial charge in [-0.25, -0.2) is 0 Å². The first-order chi connectivity index (χ1) is 13.1. The standard InChI is InChI=1S/C19H24N4O3S/c1-12-20-16(22-26-12)11-23-7-5-19(6-8-23)17-13(4-9-25-19)10-15(27-17)18(24)21-14-2-3-14/h10,14H,2-9,11H2,1H3,(H,21,24). The second-order valence-electron chi connectivity index (χ2n) is 7.81. The van der Waals surface area contributed by atoms with Gasteiger partial charge in [-0.3, -0.25) is 9.69 Å². The lowest BCUT2D eigenvalue weighted by atomic mass is 9.85. The van der Waals surface area contributed by atoms with Gasteiger partial charge in [-0.15, -0.1) is 11.3 Å². The van der Waals surface area contributed by atoms with Gasteiger partial charge in [0.05, 0.1) is 18.0 Å². The number of hydrogen-bond acceptors (Lipinski definition) is 7. The molecule has 27 heavy (non-hydrogen) atoms. The summed E-state index contributed by atoms with van der Waals surface area (Å²) in [5, 5.41) is 7.11. The summed E-state index contributed by atoms with van der Waals surface area (Å²) in [4.78, 5) is 21.2.